The Morgan fingerprint density at radius 1 is 1.46 bits per heavy atom. The molecule has 0 radical (unpaired) electrons. The van der Waals surface area contributed by atoms with E-state index in [9.17, 15) is 8.78 Å². The molecule has 2 rings (SSSR count). The molecule has 1 aromatic heterocycles. The van der Waals surface area contributed by atoms with Gasteiger partial charge in [0.05, 0.1) is 0 Å². The highest BCUT2D eigenvalue weighted by Gasteiger charge is 2.22. The van der Waals surface area contributed by atoms with Crippen LogP contribution >= 0.6 is 23.1 Å². The lowest BCUT2D eigenvalue weighted by molar-refractivity contribution is 0.252. The van der Waals surface area contributed by atoms with Crippen molar-refractivity contribution in [2.75, 3.05) is 5.32 Å². The second-order valence-corrected chi connectivity index (χ2v) is 4.88. The highest BCUT2D eigenvalue weighted by atomic mass is 32.2. The molecule has 0 spiro atoms. The van der Waals surface area contributed by atoms with E-state index < -0.39 is 5.76 Å². The van der Waals surface area contributed by atoms with Gasteiger partial charge >= 0.3 is 0 Å². The van der Waals surface area contributed by atoms with Gasteiger partial charge in [-0.25, -0.2) is 0 Å². The number of rotatable bonds is 4. The van der Waals surface area contributed by atoms with E-state index in [1.54, 1.807) is 0 Å². The summed E-state index contributed by atoms with van der Waals surface area (Å²) in [4.78, 5) is 0. The minimum atomic E-state index is -2.42. The van der Waals surface area contributed by atoms with E-state index in [2.05, 4.69) is 15.5 Å². The largest absolute Gasteiger partial charge is 0.357 e. The van der Waals surface area contributed by atoms with E-state index in [-0.39, 0.29) is 0 Å². The number of aromatic nitrogens is 2. The molecule has 0 unspecified atom stereocenters. The molecule has 1 aromatic rings. The smallest absolute Gasteiger partial charge is 0.291 e. The molecule has 7 heteroatoms. The second-order valence-electron chi connectivity index (χ2n) is 2.67. The van der Waals surface area contributed by atoms with Crippen LogP contribution < -0.4 is 5.32 Å². The summed E-state index contributed by atoms with van der Waals surface area (Å²) in [5, 5.41) is 11.1. The zero-order chi connectivity index (χ0) is 9.26. The molecule has 1 aliphatic carbocycles. The van der Waals surface area contributed by atoms with Crippen molar-refractivity contribution in [1.29, 1.82) is 0 Å². The van der Waals surface area contributed by atoms with Gasteiger partial charge in [0.25, 0.3) is 5.76 Å². The first-order chi connectivity index (χ1) is 6.24. The first-order valence-electron chi connectivity index (χ1n) is 3.79. The zero-order valence-electron chi connectivity index (χ0n) is 6.54. The van der Waals surface area contributed by atoms with Gasteiger partial charge in [-0.3, -0.25) is 0 Å². The Balaban J connectivity index is 1.91. The minimum Gasteiger partial charge on any atom is -0.357 e. The average Bonchev–Trinajstić information content (AvgIpc) is 2.73. The molecule has 0 saturated heterocycles. The number of anilines is 1. The third-order valence-corrected chi connectivity index (χ3v) is 3.15. The van der Waals surface area contributed by atoms with Crippen LogP contribution in [0.5, 0.6) is 0 Å². The predicted molar refractivity (Wildman–Crippen MR) is 48.4 cm³/mol. The molecule has 3 nitrogen and oxygen atoms in total. The Bertz CT molecular complexity index is 269. The molecule has 1 aliphatic rings. The maximum atomic E-state index is 11.9. The molecule has 13 heavy (non-hydrogen) atoms. The summed E-state index contributed by atoms with van der Waals surface area (Å²) in [7, 11) is 0. The molecular weight excluding hydrogens is 216 g/mol. The summed E-state index contributed by atoms with van der Waals surface area (Å²) < 4.78 is 24.1. The molecule has 1 heterocycles. The van der Waals surface area contributed by atoms with Gasteiger partial charge in [0, 0.05) is 6.04 Å². The average molecular weight is 223 g/mol. The number of halogens is 2. The van der Waals surface area contributed by atoms with E-state index >= 15 is 0 Å². The van der Waals surface area contributed by atoms with Gasteiger partial charge in [-0.1, -0.05) is 11.3 Å². The summed E-state index contributed by atoms with van der Waals surface area (Å²) in [6.45, 7) is 0. The minimum absolute atomic E-state index is 0.318. The summed E-state index contributed by atoms with van der Waals surface area (Å²) in [5.74, 6) is -2.42. The standard InChI is InChI=1S/C6H7F2N3S2/c7-4(8)12-6-11-10-5(13-6)9-3-1-2-3/h3-4H,1-2H2,(H,9,10). The van der Waals surface area contributed by atoms with Crippen LogP contribution in [0.4, 0.5) is 13.9 Å². The SMILES string of the molecule is FC(F)Sc1nnc(NC2CC2)s1. The number of alkyl halides is 2. The van der Waals surface area contributed by atoms with Crippen LogP contribution in [0.25, 0.3) is 0 Å². The Morgan fingerprint density at radius 3 is 2.85 bits per heavy atom. The van der Waals surface area contributed by atoms with E-state index in [1.807, 2.05) is 0 Å². The lowest BCUT2D eigenvalue weighted by Crippen LogP contribution is -1.99. The summed E-state index contributed by atoms with van der Waals surface area (Å²) in [5.41, 5.74) is 0. The lowest BCUT2D eigenvalue weighted by Gasteiger charge is -1.94. The Hall–Kier alpha value is -0.430. The van der Waals surface area contributed by atoms with E-state index in [0.29, 0.717) is 27.3 Å². The Labute approximate surface area is 81.9 Å². The Morgan fingerprint density at radius 2 is 2.23 bits per heavy atom. The number of hydrogen-bond acceptors (Lipinski definition) is 5. The summed E-state index contributed by atoms with van der Waals surface area (Å²) in [6, 6.07) is 0.484. The predicted octanol–water partition coefficient (Wildman–Crippen LogP) is 2.43. The topological polar surface area (TPSA) is 37.8 Å². The quantitative estimate of drug-likeness (QED) is 0.795. The maximum Gasteiger partial charge on any atom is 0.291 e. The van der Waals surface area contributed by atoms with Crippen molar-refractivity contribution >= 4 is 28.2 Å². The number of thioether (sulfide) groups is 1. The van der Waals surface area contributed by atoms with Crippen molar-refractivity contribution in [2.45, 2.75) is 29.0 Å². The number of nitrogens with one attached hydrogen (secondary N) is 1. The van der Waals surface area contributed by atoms with E-state index in [4.69, 9.17) is 0 Å². The second kappa shape index (κ2) is 3.75. The van der Waals surface area contributed by atoms with Gasteiger partial charge in [0.1, 0.15) is 0 Å². The van der Waals surface area contributed by atoms with Gasteiger partial charge in [-0.15, -0.1) is 10.2 Å². The molecule has 0 aliphatic heterocycles. The van der Waals surface area contributed by atoms with Crippen molar-refractivity contribution in [3.63, 3.8) is 0 Å². The highest BCUT2D eigenvalue weighted by Crippen LogP contribution is 2.32. The van der Waals surface area contributed by atoms with Crippen LogP contribution in [-0.4, -0.2) is 22.0 Å². The molecule has 0 aromatic carbocycles. The zero-order valence-corrected chi connectivity index (χ0v) is 8.17. The van der Waals surface area contributed by atoms with Gasteiger partial charge in [-0.2, -0.15) is 8.78 Å². The fourth-order valence-electron chi connectivity index (χ4n) is 0.794. The highest BCUT2D eigenvalue weighted by molar-refractivity contribution is 8.01. The van der Waals surface area contributed by atoms with Gasteiger partial charge in [0.15, 0.2) is 4.34 Å². The van der Waals surface area contributed by atoms with E-state index in [1.165, 1.54) is 11.3 Å². The normalized spacial score (nSPS) is 16.5. The van der Waals surface area contributed by atoms with Crippen LogP contribution in [0.1, 0.15) is 12.8 Å². The lowest BCUT2D eigenvalue weighted by atomic mass is 10.7. The third-order valence-electron chi connectivity index (χ3n) is 1.50. The molecule has 0 bridgehead atoms. The fourth-order valence-corrected chi connectivity index (χ4v) is 2.24. The van der Waals surface area contributed by atoms with Crippen LogP contribution in [0, 0.1) is 0 Å². The number of hydrogen-bond donors (Lipinski definition) is 1. The summed E-state index contributed by atoms with van der Waals surface area (Å²) in [6.07, 6.45) is 2.27. The van der Waals surface area contributed by atoms with Gasteiger partial charge < -0.3 is 5.32 Å². The van der Waals surface area contributed by atoms with Crippen LogP contribution in [0.3, 0.4) is 0 Å². The molecule has 1 saturated carbocycles. The monoisotopic (exact) mass is 223 g/mol. The van der Waals surface area contributed by atoms with Crippen molar-refractivity contribution in [2.24, 2.45) is 0 Å². The molecule has 0 atom stereocenters. The molecular formula is C6H7F2N3S2. The van der Waals surface area contributed by atoms with Gasteiger partial charge in [0.2, 0.25) is 5.13 Å². The Kier molecular flexibility index (Phi) is 2.63. The first-order valence-corrected chi connectivity index (χ1v) is 5.48. The number of nitrogens with zero attached hydrogens (tertiary/aromatic N) is 2. The molecule has 72 valence electrons. The van der Waals surface area contributed by atoms with Crippen molar-refractivity contribution in [1.82, 2.24) is 10.2 Å². The summed E-state index contributed by atoms with van der Waals surface area (Å²) >= 11 is 1.62. The molecule has 1 N–H and O–H groups in total. The molecule has 0 amide bonds. The van der Waals surface area contributed by atoms with Crippen LogP contribution in [0.15, 0.2) is 4.34 Å². The van der Waals surface area contributed by atoms with Crippen LogP contribution in [0.2, 0.25) is 0 Å². The first kappa shape index (κ1) is 9.14. The fraction of sp³-hybridized carbons (Fsp3) is 0.667. The maximum absolute atomic E-state index is 11.9. The van der Waals surface area contributed by atoms with Crippen molar-refractivity contribution in [3.8, 4) is 0 Å². The van der Waals surface area contributed by atoms with Crippen LogP contribution in [-0.2, 0) is 0 Å². The van der Waals surface area contributed by atoms with E-state index in [0.717, 1.165) is 12.8 Å². The third kappa shape index (κ3) is 2.77. The van der Waals surface area contributed by atoms with Gasteiger partial charge in [-0.05, 0) is 24.6 Å². The van der Waals surface area contributed by atoms with Crippen molar-refractivity contribution < 1.29 is 8.78 Å². The van der Waals surface area contributed by atoms with Crippen molar-refractivity contribution in [3.05, 3.63) is 0 Å². The molecule has 1 fully saturated rings.